The molecule has 32 heavy (non-hydrogen) atoms. The van der Waals surface area contributed by atoms with Gasteiger partial charge in [0.25, 0.3) is 11.8 Å². The topological polar surface area (TPSA) is 80.6 Å². The smallest absolute Gasteiger partial charge is 0.291 e. The molecular weight excluding hydrogens is 471 g/mol. The Bertz CT molecular complexity index is 1290. The second kappa shape index (κ2) is 9.48. The van der Waals surface area contributed by atoms with Gasteiger partial charge in [0.15, 0.2) is 5.76 Å². The molecule has 0 atom stereocenters. The second-order valence-corrected chi connectivity index (χ2v) is 8.38. The van der Waals surface area contributed by atoms with Crippen LogP contribution in [0.5, 0.6) is 5.75 Å². The van der Waals surface area contributed by atoms with Gasteiger partial charge in [0.1, 0.15) is 11.5 Å². The van der Waals surface area contributed by atoms with Gasteiger partial charge >= 0.3 is 0 Å². The van der Waals surface area contributed by atoms with Gasteiger partial charge in [-0.25, -0.2) is 0 Å². The highest BCUT2D eigenvalue weighted by Gasteiger charge is 2.16. The fourth-order valence-electron chi connectivity index (χ4n) is 2.95. The summed E-state index contributed by atoms with van der Waals surface area (Å²) in [6.45, 7) is 0. The third kappa shape index (κ3) is 4.80. The molecule has 0 bridgehead atoms. The monoisotopic (exact) mass is 486 g/mol. The summed E-state index contributed by atoms with van der Waals surface area (Å²) in [6.07, 6.45) is 0. The fourth-order valence-corrected chi connectivity index (χ4v) is 4.07. The number of carbonyl (C=O) groups is 2. The first-order valence-corrected chi connectivity index (χ1v) is 11.0. The molecule has 2 N–H and O–H groups in total. The lowest BCUT2D eigenvalue weighted by Gasteiger charge is -2.12. The first kappa shape index (κ1) is 22.0. The van der Waals surface area contributed by atoms with Crippen molar-refractivity contribution in [3.8, 4) is 17.1 Å². The van der Waals surface area contributed by atoms with Gasteiger partial charge in [-0.2, -0.15) is 0 Å². The molecule has 0 fully saturated rings. The molecule has 6 nitrogen and oxygen atoms in total. The van der Waals surface area contributed by atoms with Gasteiger partial charge in [-0.3, -0.25) is 9.59 Å². The van der Waals surface area contributed by atoms with Crippen molar-refractivity contribution in [3.05, 3.63) is 86.7 Å². The van der Waals surface area contributed by atoms with Crippen molar-refractivity contribution in [3.63, 3.8) is 0 Å². The highest BCUT2D eigenvalue weighted by Crippen LogP contribution is 2.32. The average molecular weight is 487 g/mol. The van der Waals surface area contributed by atoms with E-state index in [0.717, 1.165) is 0 Å². The molecular formula is C23H16Cl2N2O4S. The van der Waals surface area contributed by atoms with Gasteiger partial charge in [0.05, 0.1) is 22.7 Å². The molecule has 2 aromatic carbocycles. The van der Waals surface area contributed by atoms with Crippen LogP contribution in [0.4, 0.5) is 11.4 Å². The molecule has 0 saturated heterocycles. The fraction of sp³-hybridized carbons (Fsp3) is 0.0435. The molecule has 2 aromatic heterocycles. The van der Waals surface area contributed by atoms with Crippen LogP contribution in [0.1, 0.15) is 20.2 Å². The Labute approximate surface area is 197 Å². The lowest BCUT2D eigenvalue weighted by Crippen LogP contribution is -2.13. The molecule has 4 rings (SSSR count). The first-order valence-electron chi connectivity index (χ1n) is 9.34. The standard InChI is InChI=1S/C23H16Cl2N2O4S/c1-30-20-12-14(5-7-17(20)27-23(29)21-3-2-10-32-21)26-22(28)19-9-8-18(31-19)15-6-4-13(24)11-16(15)25/h2-12H,1H3,(H,26,28)(H,27,29). The minimum atomic E-state index is -0.446. The molecule has 0 aliphatic carbocycles. The maximum absolute atomic E-state index is 12.6. The van der Waals surface area contributed by atoms with Crippen molar-refractivity contribution < 1.29 is 18.7 Å². The van der Waals surface area contributed by atoms with Crippen molar-refractivity contribution in [1.29, 1.82) is 0 Å². The zero-order valence-corrected chi connectivity index (χ0v) is 19.0. The largest absolute Gasteiger partial charge is 0.494 e. The zero-order valence-electron chi connectivity index (χ0n) is 16.6. The van der Waals surface area contributed by atoms with Crippen LogP contribution in [0.25, 0.3) is 11.3 Å². The van der Waals surface area contributed by atoms with Crippen LogP contribution in [0, 0.1) is 0 Å². The summed E-state index contributed by atoms with van der Waals surface area (Å²) in [4.78, 5) is 25.5. The van der Waals surface area contributed by atoms with Gasteiger partial charge in [-0.15, -0.1) is 11.3 Å². The molecule has 9 heteroatoms. The van der Waals surface area contributed by atoms with E-state index in [1.807, 2.05) is 5.38 Å². The Morgan fingerprint density at radius 2 is 1.81 bits per heavy atom. The maximum Gasteiger partial charge on any atom is 0.291 e. The van der Waals surface area contributed by atoms with E-state index < -0.39 is 5.91 Å². The number of furan rings is 1. The van der Waals surface area contributed by atoms with Crippen LogP contribution in [0.2, 0.25) is 10.0 Å². The van der Waals surface area contributed by atoms with E-state index in [0.29, 0.717) is 43.4 Å². The van der Waals surface area contributed by atoms with E-state index in [1.165, 1.54) is 18.4 Å². The third-order valence-electron chi connectivity index (χ3n) is 4.48. The Kier molecular flexibility index (Phi) is 6.50. The van der Waals surface area contributed by atoms with Crippen molar-refractivity contribution in [2.45, 2.75) is 0 Å². The van der Waals surface area contributed by atoms with Gasteiger partial charge in [-0.1, -0.05) is 29.3 Å². The summed E-state index contributed by atoms with van der Waals surface area (Å²) < 4.78 is 11.0. The summed E-state index contributed by atoms with van der Waals surface area (Å²) in [5, 5.41) is 8.30. The van der Waals surface area contributed by atoms with Crippen LogP contribution in [0.3, 0.4) is 0 Å². The minimum absolute atomic E-state index is 0.111. The molecule has 4 aromatic rings. The second-order valence-electron chi connectivity index (χ2n) is 6.59. The van der Waals surface area contributed by atoms with Crippen LogP contribution in [-0.4, -0.2) is 18.9 Å². The van der Waals surface area contributed by atoms with Gasteiger partial charge in [-0.05, 0) is 53.9 Å². The number of ether oxygens (including phenoxy) is 1. The molecule has 0 aliphatic rings. The maximum atomic E-state index is 12.6. The Morgan fingerprint density at radius 3 is 2.53 bits per heavy atom. The van der Waals surface area contributed by atoms with Gasteiger partial charge in [0.2, 0.25) is 0 Å². The molecule has 0 aliphatic heterocycles. The summed E-state index contributed by atoms with van der Waals surface area (Å²) in [5.74, 6) is 0.277. The lowest BCUT2D eigenvalue weighted by atomic mass is 10.2. The molecule has 2 heterocycles. The normalized spacial score (nSPS) is 10.6. The number of methoxy groups -OCH3 is 1. The highest BCUT2D eigenvalue weighted by molar-refractivity contribution is 7.12. The number of benzene rings is 2. The third-order valence-corrected chi connectivity index (χ3v) is 5.90. The molecule has 0 spiro atoms. The number of hydrogen-bond donors (Lipinski definition) is 2. The Hall–Kier alpha value is -3.26. The summed E-state index contributed by atoms with van der Waals surface area (Å²) in [5.41, 5.74) is 1.59. The number of rotatable bonds is 6. The minimum Gasteiger partial charge on any atom is -0.494 e. The van der Waals surface area contributed by atoms with Crippen molar-refractivity contribution in [1.82, 2.24) is 0 Å². The number of nitrogens with one attached hydrogen (secondary N) is 2. The van der Waals surface area contributed by atoms with E-state index >= 15 is 0 Å². The number of hydrogen-bond acceptors (Lipinski definition) is 5. The van der Waals surface area contributed by atoms with E-state index in [-0.39, 0.29) is 11.7 Å². The van der Waals surface area contributed by atoms with E-state index in [4.69, 9.17) is 32.4 Å². The van der Waals surface area contributed by atoms with Crippen LogP contribution in [0.15, 0.2) is 70.5 Å². The predicted molar refractivity (Wildman–Crippen MR) is 127 cm³/mol. The van der Waals surface area contributed by atoms with E-state index in [9.17, 15) is 9.59 Å². The molecule has 2 amide bonds. The number of amides is 2. The Balaban J connectivity index is 1.49. The predicted octanol–water partition coefficient (Wildman–Crippen LogP) is 6.83. The first-order chi connectivity index (χ1) is 15.4. The molecule has 162 valence electrons. The highest BCUT2D eigenvalue weighted by atomic mass is 35.5. The van der Waals surface area contributed by atoms with Crippen LogP contribution < -0.4 is 15.4 Å². The van der Waals surface area contributed by atoms with Crippen LogP contribution in [-0.2, 0) is 0 Å². The number of halogens is 2. The van der Waals surface area contributed by atoms with Crippen LogP contribution >= 0.6 is 34.5 Å². The summed E-state index contributed by atoms with van der Waals surface area (Å²) >= 11 is 13.5. The average Bonchev–Trinajstić information content (AvgIpc) is 3.47. The summed E-state index contributed by atoms with van der Waals surface area (Å²) in [6, 6.07) is 16.7. The number of anilines is 2. The van der Waals surface area contributed by atoms with Crippen molar-refractivity contribution in [2.75, 3.05) is 17.7 Å². The van der Waals surface area contributed by atoms with Gasteiger partial charge in [0, 0.05) is 22.3 Å². The molecule has 0 radical (unpaired) electrons. The van der Waals surface area contributed by atoms with Crippen molar-refractivity contribution in [2.24, 2.45) is 0 Å². The van der Waals surface area contributed by atoms with Gasteiger partial charge < -0.3 is 19.8 Å². The zero-order chi connectivity index (χ0) is 22.7. The quantitative estimate of drug-likeness (QED) is 0.313. The lowest BCUT2D eigenvalue weighted by molar-refractivity contribution is 0.0995. The van der Waals surface area contributed by atoms with E-state index in [2.05, 4.69) is 10.6 Å². The van der Waals surface area contributed by atoms with Crippen molar-refractivity contribution >= 4 is 57.7 Å². The van der Waals surface area contributed by atoms with E-state index in [1.54, 1.807) is 60.7 Å². The number of thiophene rings is 1. The SMILES string of the molecule is COc1cc(NC(=O)c2ccc(-c3ccc(Cl)cc3Cl)o2)ccc1NC(=O)c1cccs1. The molecule has 0 saturated carbocycles. The Morgan fingerprint density at radius 1 is 0.969 bits per heavy atom. The molecule has 0 unspecified atom stereocenters. The summed E-state index contributed by atoms with van der Waals surface area (Å²) in [7, 11) is 1.48. The number of carbonyl (C=O) groups excluding carboxylic acids is 2.